The predicted molar refractivity (Wildman–Crippen MR) is 165 cm³/mol. The Labute approximate surface area is 242 Å². The van der Waals surface area contributed by atoms with E-state index in [0.29, 0.717) is 30.3 Å². The third-order valence-corrected chi connectivity index (χ3v) is 8.89. The van der Waals surface area contributed by atoms with E-state index in [-0.39, 0.29) is 16.9 Å². The molecule has 0 saturated heterocycles. The summed E-state index contributed by atoms with van der Waals surface area (Å²) in [6.07, 6.45) is 6.60. The predicted octanol–water partition coefficient (Wildman–Crippen LogP) is 4.61. The fraction of sp³-hybridized carbons (Fsp3) is 0.600. The zero-order valence-corrected chi connectivity index (χ0v) is 26.1. The molecule has 1 atom stereocenters. The molecule has 1 aromatic carbocycles. The average molecular weight is 572 g/mol. The Bertz CT molecular complexity index is 1230. The second-order valence-electron chi connectivity index (χ2n) is 13.0. The number of amidine groups is 1. The summed E-state index contributed by atoms with van der Waals surface area (Å²) in [5, 5.41) is 6.72. The number of carbonyl (C=O) groups is 1. The van der Waals surface area contributed by atoms with Crippen LogP contribution in [0.3, 0.4) is 0 Å². The highest BCUT2D eigenvalue weighted by Gasteiger charge is 2.27. The van der Waals surface area contributed by atoms with E-state index in [4.69, 9.17) is 11.6 Å². The molecular formula is C30H49N7O2S. The number of aromatic nitrogens is 1. The van der Waals surface area contributed by atoms with Crippen LogP contribution in [0.4, 0.5) is 0 Å². The molecule has 1 aromatic heterocycles. The lowest BCUT2D eigenvalue weighted by Crippen LogP contribution is -2.37. The summed E-state index contributed by atoms with van der Waals surface area (Å²) in [4.78, 5) is 14.1. The van der Waals surface area contributed by atoms with Gasteiger partial charge in [0.2, 0.25) is 0 Å². The molecule has 7 N–H and O–H groups in total. The molecule has 2 aromatic rings. The number of rotatable bonds is 10. The van der Waals surface area contributed by atoms with Crippen molar-refractivity contribution in [2.45, 2.75) is 109 Å². The average Bonchev–Trinajstić information content (AvgIpc) is 3.18. The number of hydrogen-bond donors (Lipinski definition) is 5. The quantitative estimate of drug-likeness (QED) is 0.123. The zero-order chi connectivity index (χ0) is 29.7. The second kappa shape index (κ2) is 13.3. The topological polar surface area (TPSA) is 140 Å². The molecular weight excluding hydrogens is 522 g/mol. The molecule has 1 aliphatic carbocycles. The Balaban J connectivity index is 2.04. The van der Waals surface area contributed by atoms with E-state index in [2.05, 4.69) is 52.1 Å². The van der Waals surface area contributed by atoms with Crippen LogP contribution in [0.2, 0.25) is 0 Å². The van der Waals surface area contributed by atoms with Crippen molar-refractivity contribution >= 4 is 22.7 Å². The van der Waals surface area contributed by atoms with Crippen LogP contribution in [0.5, 0.6) is 0 Å². The molecule has 1 saturated carbocycles. The van der Waals surface area contributed by atoms with E-state index in [1.165, 1.54) is 32.1 Å². The molecule has 1 amide bonds. The molecule has 1 unspecified atom stereocenters. The standard InChI is InChI=1S/C30H49N7O2S/c1-20-23(28(38)33-16-15-27(31)34-36-32)18-25(37(20)19-21-11-9-8-10-12-21)22-13-14-26(24(17-22)29(2,3)4)40(39)35-30(5,6)7/h13-14,17-18,21,35-36H,8-12,15-16,19,32H2,1-7H3,(H2,31,34)(H,33,38). The first-order valence-electron chi connectivity index (χ1n) is 14.3. The summed E-state index contributed by atoms with van der Waals surface area (Å²) >= 11 is 0. The Kier molecular flexibility index (Phi) is 10.6. The summed E-state index contributed by atoms with van der Waals surface area (Å²) in [5.74, 6) is 5.95. The molecule has 9 nitrogen and oxygen atoms in total. The summed E-state index contributed by atoms with van der Waals surface area (Å²) in [6, 6.07) is 8.17. The monoisotopic (exact) mass is 571 g/mol. The van der Waals surface area contributed by atoms with E-state index in [1.807, 2.05) is 45.9 Å². The largest absolute Gasteiger partial charge is 0.386 e. The maximum absolute atomic E-state index is 13.4. The highest BCUT2D eigenvalue weighted by molar-refractivity contribution is 7.83. The van der Waals surface area contributed by atoms with E-state index in [1.54, 1.807) is 0 Å². The normalized spacial score (nSPS) is 16.1. The van der Waals surface area contributed by atoms with Crippen LogP contribution in [0.25, 0.3) is 11.3 Å². The molecule has 222 valence electrons. The van der Waals surface area contributed by atoms with Gasteiger partial charge in [-0.1, -0.05) is 46.1 Å². The van der Waals surface area contributed by atoms with Gasteiger partial charge < -0.3 is 15.6 Å². The fourth-order valence-corrected chi connectivity index (χ4v) is 6.71. The lowest BCUT2D eigenvalue weighted by Gasteiger charge is -2.27. The van der Waals surface area contributed by atoms with Gasteiger partial charge in [0.15, 0.2) is 0 Å². The number of nitrogens with zero attached hydrogens (tertiary/aromatic N) is 2. The Hall–Kier alpha value is -2.69. The minimum Gasteiger partial charge on any atom is -0.386 e. The Morgan fingerprint density at radius 3 is 2.38 bits per heavy atom. The van der Waals surface area contributed by atoms with Crippen molar-refractivity contribution in [3.8, 4) is 11.3 Å². The van der Waals surface area contributed by atoms with Crippen molar-refractivity contribution in [1.29, 1.82) is 0 Å². The van der Waals surface area contributed by atoms with Crippen LogP contribution in [0, 0.1) is 12.8 Å². The summed E-state index contributed by atoms with van der Waals surface area (Å²) in [6.45, 7) is 15.7. The van der Waals surface area contributed by atoms with Crippen molar-refractivity contribution in [3.63, 3.8) is 0 Å². The van der Waals surface area contributed by atoms with Crippen molar-refractivity contribution in [2.75, 3.05) is 6.54 Å². The number of hydrogen-bond acceptors (Lipinski definition) is 5. The molecule has 0 bridgehead atoms. The molecule has 0 radical (unpaired) electrons. The van der Waals surface area contributed by atoms with Gasteiger partial charge in [0.25, 0.3) is 5.91 Å². The third-order valence-electron chi connectivity index (χ3n) is 7.33. The highest BCUT2D eigenvalue weighted by Crippen LogP contribution is 2.36. The molecule has 0 spiro atoms. The number of hydrazine groups is 1. The van der Waals surface area contributed by atoms with Crippen LogP contribution >= 0.6 is 0 Å². The van der Waals surface area contributed by atoms with Gasteiger partial charge in [0.1, 0.15) is 16.8 Å². The van der Waals surface area contributed by atoms with Crippen LogP contribution in [0.1, 0.15) is 102 Å². The highest BCUT2D eigenvalue weighted by atomic mass is 32.2. The van der Waals surface area contributed by atoms with Crippen molar-refractivity contribution in [2.24, 2.45) is 22.6 Å². The number of amides is 1. The van der Waals surface area contributed by atoms with Crippen LogP contribution < -0.4 is 27.2 Å². The van der Waals surface area contributed by atoms with E-state index in [0.717, 1.165) is 34.0 Å². The maximum Gasteiger partial charge on any atom is 0.253 e. The maximum atomic E-state index is 13.4. The first-order chi connectivity index (χ1) is 18.7. The summed E-state index contributed by atoms with van der Waals surface area (Å²) < 4.78 is 18.9. The van der Waals surface area contributed by atoms with Gasteiger partial charge in [-0.25, -0.2) is 20.3 Å². The SMILES string of the molecule is Cc1c(C(=O)NCC/C(N)=N/NN)cc(-c2ccc(S(=O)NC(C)(C)C)c(C(C)(C)C)c2)n1CC1CCCCC1. The smallest absolute Gasteiger partial charge is 0.253 e. The van der Waals surface area contributed by atoms with Gasteiger partial charge in [0.05, 0.1) is 10.5 Å². The van der Waals surface area contributed by atoms with Gasteiger partial charge in [-0.05, 0) is 81.2 Å². The molecule has 1 aliphatic rings. The van der Waals surface area contributed by atoms with E-state index >= 15 is 0 Å². The van der Waals surface area contributed by atoms with Crippen molar-refractivity contribution in [3.05, 3.63) is 41.1 Å². The van der Waals surface area contributed by atoms with Gasteiger partial charge in [-0.3, -0.25) is 4.79 Å². The molecule has 10 heteroatoms. The molecule has 3 rings (SSSR count). The van der Waals surface area contributed by atoms with Crippen molar-refractivity contribution in [1.82, 2.24) is 20.1 Å². The number of hydrazone groups is 1. The summed E-state index contributed by atoms with van der Waals surface area (Å²) in [5.41, 5.74) is 12.1. The lowest BCUT2D eigenvalue weighted by molar-refractivity contribution is 0.0954. The molecule has 1 fully saturated rings. The van der Waals surface area contributed by atoms with Crippen LogP contribution in [-0.2, 0) is 22.9 Å². The van der Waals surface area contributed by atoms with Gasteiger partial charge >= 0.3 is 0 Å². The number of nitrogens with one attached hydrogen (secondary N) is 3. The van der Waals surface area contributed by atoms with Gasteiger partial charge in [-0.15, -0.1) is 0 Å². The van der Waals surface area contributed by atoms with Crippen LogP contribution in [-0.4, -0.2) is 32.6 Å². The minimum atomic E-state index is -1.36. The van der Waals surface area contributed by atoms with Crippen LogP contribution in [0.15, 0.2) is 34.3 Å². The Morgan fingerprint density at radius 2 is 1.77 bits per heavy atom. The fourth-order valence-electron chi connectivity index (χ4n) is 5.29. The zero-order valence-electron chi connectivity index (χ0n) is 25.3. The first kappa shape index (κ1) is 31.8. The van der Waals surface area contributed by atoms with Gasteiger partial charge in [0, 0.05) is 36.4 Å². The van der Waals surface area contributed by atoms with Gasteiger partial charge in [-0.2, -0.15) is 5.10 Å². The minimum absolute atomic E-state index is 0.141. The van der Waals surface area contributed by atoms with E-state index in [9.17, 15) is 9.00 Å². The Morgan fingerprint density at radius 1 is 1.10 bits per heavy atom. The number of benzene rings is 1. The molecule has 1 heterocycles. The third kappa shape index (κ3) is 8.41. The first-order valence-corrected chi connectivity index (χ1v) is 15.5. The number of carbonyl (C=O) groups excluding carboxylic acids is 1. The molecule has 40 heavy (non-hydrogen) atoms. The lowest BCUT2D eigenvalue weighted by atomic mass is 9.85. The number of nitrogens with two attached hydrogens (primary N) is 2. The van der Waals surface area contributed by atoms with E-state index < -0.39 is 11.0 Å². The van der Waals surface area contributed by atoms with Crippen molar-refractivity contribution < 1.29 is 9.00 Å². The second-order valence-corrected chi connectivity index (χ2v) is 14.1. The summed E-state index contributed by atoms with van der Waals surface area (Å²) in [7, 11) is -1.36. The molecule has 0 aliphatic heterocycles.